The lowest BCUT2D eigenvalue weighted by Gasteiger charge is -2.26. The Hall–Kier alpha value is -1.48. The first kappa shape index (κ1) is 12.5. The molecule has 0 N–H and O–H groups in total. The van der Waals surface area contributed by atoms with Crippen LogP contribution < -0.4 is 4.90 Å². The summed E-state index contributed by atoms with van der Waals surface area (Å²) in [7, 11) is 0. The average Bonchev–Trinajstić information content (AvgIpc) is 2.62. The molecule has 1 aliphatic carbocycles. The van der Waals surface area contributed by atoms with Gasteiger partial charge in [-0.05, 0) is 31.4 Å². The number of anilines is 1. The highest BCUT2D eigenvalue weighted by Gasteiger charge is 2.48. The van der Waals surface area contributed by atoms with Crippen LogP contribution in [0, 0.1) is 17.8 Å². The molecule has 0 radical (unpaired) electrons. The number of thiocarbonyl (C=S) groups is 1. The molecule has 0 saturated carbocycles. The quantitative estimate of drug-likeness (QED) is 0.575. The van der Waals surface area contributed by atoms with Crippen molar-refractivity contribution in [2.24, 2.45) is 17.8 Å². The molecule has 1 saturated heterocycles. The Bertz CT molecular complexity index is 563. The smallest absolute Gasteiger partial charge is 0.236 e. The number of allylic oxidation sites excluding steroid dienone is 2. The summed E-state index contributed by atoms with van der Waals surface area (Å²) in [5.74, 6) is 0.739. The fourth-order valence-electron chi connectivity index (χ4n) is 3.35. The van der Waals surface area contributed by atoms with E-state index >= 15 is 0 Å². The molecule has 98 valence electrons. The molecule has 2 aliphatic rings. The summed E-state index contributed by atoms with van der Waals surface area (Å²) in [4.78, 5) is 15.2. The number of hydrogen-bond acceptors (Lipinski definition) is 2. The lowest BCUT2D eigenvalue weighted by molar-refractivity contribution is -0.121. The first-order valence-corrected chi connectivity index (χ1v) is 7.10. The van der Waals surface area contributed by atoms with E-state index in [2.05, 4.69) is 19.9 Å². The zero-order valence-corrected chi connectivity index (χ0v) is 12.0. The van der Waals surface area contributed by atoms with Gasteiger partial charge in [-0.25, -0.2) is 0 Å². The van der Waals surface area contributed by atoms with Crippen molar-refractivity contribution in [3.8, 4) is 0 Å². The Morgan fingerprint density at radius 2 is 1.95 bits per heavy atom. The van der Waals surface area contributed by atoms with Gasteiger partial charge < -0.3 is 0 Å². The molecule has 0 spiro atoms. The highest BCUT2D eigenvalue weighted by molar-refractivity contribution is 7.80. The summed E-state index contributed by atoms with van der Waals surface area (Å²) in [5.41, 5.74) is 2.21. The molecular weight excluding hydrogens is 254 g/mol. The first-order chi connectivity index (χ1) is 9.09. The maximum Gasteiger partial charge on any atom is 0.236 e. The van der Waals surface area contributed by atoms with Crippen LogP contribution in [0.1, 0.15) is 20.3 Å². The van der Waals surface area contributed by atoms with E-state index in [-0.39, 0.29) is 17.7 Å². The Balaban J connectivity index is 2.00. The van der Waals surface area contributed by atoms with E-state index in [1.165, 1.54) is 5.57 Å². The fourth-order valence-corrected chi connectivity index (χ4v) is 3.93. The normalized spacial score (nSPS) is 30.3. The van der Waals surface area contributed by atoms with Crippen molar-refractivity contribution in [3.63, 3.8) is 0 Å². The van der Waals surface area contributed by atoms with E-state index in [0.29, 0.717) is 5.92 Å². The molecule has 2 nitrogen and oxygen atoms in total. The van der Waals surface area contributed by atoms with Crippen molar-refractivity contribution >= 4 is 28.8 Å². The van der Waals surface area contributed by atoms with Crippen LogP contribution in [0.15, 0.2) is 42.0 Å². The van der Waals surface area contributed by atoms with Crippen molar-refractivity contribution in [1.29, 1.82) is 0 Å². The lowest BCUT2D eigenvalue weighted by Crippen LogP contribution is -2.30. The van der Waals surface area contributed by atoms with Gasteiger partial charge in [0, 0.05) is 11.6 Å². The minimum absolute atomic E-state index is 0.0349. The number of carbonyl (C=O) groups is 1. The summed E-state index contributed by atoms with van der Waals surface area (Å²) >= 11 is 5.59. The van der Waals surface area contributed by atoms with E-state index in [4.69, 9.17) is 12.2 Å². The molecule has 1 aromatic rings. The summed E-state index contributed by atoms with van der Waals surface area (Å²) < 4.78 is 0. The van der Waals surface area contributed by atoms with Crippen LogP contribution in [0.25, 0.3) is 0 Å². The third kappa shape index (κ3) is 1.93. The van der Waals surface area contributed by atoms with E-state index in [1.54, 1.807) is 4.90 Å². The van der Waals surface area contributed by atoms with Crippen LogP contribution in [-0.2, 0) is 4.79 Å². The molecule has 3 rings (SSSR count). The molecule has 1 heterocycles. The fraction of sp³-hybridized carbons (Fsp3) is 0.375. The van der Waals surface area contributed by atoms with Crippen molar-refractivity contribution in [2.45, 2.75) is 20.3 Å². The van der Waals surface area contributed by atoms with Crippen molar-refractivity contribution in [3.05, 3.63) is 42.0 Å². The van der Waals surface area contributed by atoms with E-state index in [0.717, 1.165) is 17.1 Å². The molecule has 1 aromatic carbocycles. The number of benzene rings is 1. The van der Waals surface area contributed by atoms with Gasteiger partial charge in [-0.3, -0.25) is 9.69 Å². The van der Waals surface area contributed by atoms with Crippen molar-refractivity contribution in [2.75, 3.05) is 4.90 Å². The minimum atomic E-state index is 0.0349. The van der Waals surface area contributed by atoms with Gasteiger partial charge in [-0.2, -0.15) is 0 Å². The summed E-state index contributed by atoms with van der Waals surface area (Å²) in [5, 5.41) is 0. The van der Waals surface area contributed by atoms with Crippen LogP contribution in [0.2, 0.25) is 0 Å². The number of carbonyl (C=O) groups excluding carboxylic acids is 1. The average molecular weight is 271 g/mol. The Morgan fingerprint density at radius 3 is 2.63 bits per heavy atom. The lowest BCUT2D eigenvalue weighted by atomic mass is 9.76. The number of amides is 1. The van der Waals surface area contributed by atoms with Crippen molar-refractivity contribution < 1.29 is 4.79 Å². The van der Waals surface area contributed by atoms with Gasteiger partial charge in [0.05, 0.1) is 10.9 Å². The van der Waals surface area contributed by atoms with Gasteiger partial charge in [0.2, 0.25) is 5.91 Å². The number of fused-ring (bicyclic) bond motifs is 1. The topological polar surface area (TPSA) is 20.3 Å². The third-order valence-electron chi connectivity index (χ3n) is 4.15. The van der Waals surface area contributed by atoms with Crippen LogP contribution in [0.5, 0.6) is 0 Å². The predicted octanol–water partition coefficient (Wildman–Crippen LogP) is 3.58. The monoisotopic (exact) mass is 271 g/mol. The molecule has 3 heteroatoms. The van der Waals surface area contributed by atoms with E-state index in [9.17, 15) is 4.79 Å². The Morgan fingerprint density at radius 1 is 1.26 bits per heavy atom. The second kappa shape index (κ2) is 4.57. The van der Waals surface area contributed by atoms with Crippen LogP contribution in [0.4, 0.5) is 5.69 Å². The maximum atomic E-state index is 12.7. The second-order valence-corrected chi connectivity index (χ2v) is 5.97. The zero-order valence-electron chi connectivity index (χ0n) is 11.2. The number of nitrogens with zero attached hydrogens (tertiary/aromatic N) is 1. The highest BCUT2D eigenvalue weighted by Crippen LogP contribution is 2.43. The predicted molar refractivity (Wildman–Crippen MR) is 81.0 cm³/mol. The highest BCUT2D eigenvalue weighted by atomic mass is 32.1. The molecule has 1 amide bonds. The Labute approximate surface area is 119 Å². The number of rotatable bonds is 1. The molecule has 1 aliphatic heterocycles. The maximum absolute atomic E-state index is 12.7. The molecular formula is C16H17NOS. The molecule has 3 atom stereocenters. The molecule has 1 fully saturated rings. The van der Waals surface area contributed by atoms with Crippen LogP contribution >= 0.6 is 12.2 Å². The third-order valence-corrected chi connectivity index (χ3v) is 4.60. The van der Waals surface area contributed by atoms with E-state index in [1.807, 2.05) is 30.3 Å². The summed E-state index contributed by atoms with van der Waals surface area (Å²) in [6, 6.07) is 9.74. The SMILES string of the molecule is CC1=C[C@H](C)[C@@H]2C(=S)N(c3ccccc3)C(=O)[C@@H]2C1. The van der Waals surface area contributed by atoms with Crippen LogP contribution in [-0.4, -0.2) is 10.9 Å². The van der Waals surface area contributed by atoms with Crippen LogP contribution in [0.3, 0.4) is 0 Å². The molecule has 0 bridgehead atoms. The first-order valence-electron chi connectivity index (χ1n) is 6.69. The summed E-state index contributed by atoms with van der Waals surface area (Å²) in [6.07, 6.45) is 3.10. The van der Waals surface area contributed by atoms with Gasteiger partial charge in [-0.15, -0.1) is 0 Å². The van der Waals surface area contributed by atoms with E-state index < -0.39 is 0 Å². The zero-order chi connectivity index (χ0) is 13.6. The number of hydrogen-bond donors (Lipinski definition) is 0. The van der Waals surface area contributed by atoms with Gasteiger partial charge in [0.1, 0.15) is 0 Å². The molecule has 19 heavy (non-hydrogen) atoms. The van der Waals surface area contributed by atoms with Gasteiger partial charge in [0.25, 0.3) is 0 Å². The molecule has 0 aromatic heterocycles. The molecule has 0 unspecified atom stereocenters. The van der Waals surface area contributed by atoms with Gasteiger partial charge >= 0.3 is 0 Å². The van der Waals surface area contributed by atoms with Gasteiger partial charge in [-0.1, -0.05) is 49.0 Å². The largest absolute Gasteiger partial charge is 0.274 e. The second-order valence-electron chi connectivity index (χ2n) is 5.56. The van der Waals surface area contributed by atoms with Gasteiger partial charge in [0.15, 0.2) is 0 Å². The Kier molecular flexibility index (Phi) is 3.02. The van der Waals surface area contributed by atoms with Crippen molar-refractivity contribution in [1.82, 2.24) is 0 Å². The standard InChI is InChI=1S/C16H17NOS/c1-10-8-11(2)14-13(9-10)15(18)17(16(14)19)12-6-4-3-5-7-12/h3-8,11,13-14H,9H2,1-2H3/t11-,13+,14-/m0/s1. The number of para-hydroxylation sites is 1. The minimum Gasteiger partial charge on any atom is -0.274 e. The summed E-state index contributed by atoms with van der Waals surface area (Å²) in [6.45, 7) is 4.27.